The fourth-order valence-electron chi connectivity index (χ4n) is 0.802. The summed E-state index contributed by atoms with van der Waals surface area (Å²) >= 11 is 0. The van der Waals surface area contributed by atoms with Gasteiger partial charge < -0.3 is 0 Å². The molecule has 62 valence electrons. The molecule has 0 radical (unpaired) electrons. The van der Waals surface area contributed by atoms with Crippen molar-refractivity contribution in [2.24, 2.45) is 5.92 Å². The van der Waals surface area contributed by atoms with Gasteiger partial charge in [-0.1, -0.05) is 19.8 Å². The standard InChI is InChI=1S/C9H15NO/c1-4-5-10-7-9(11)6-8(2)3/h1,8,10H,5-7H2,2-3H3. The lowest BCUT2D eigenvalue weighted by atomic mass is 10.1. The predicted octanol–water partition coefficient (Wildman–Crippen LogP) is 0.824. The summed E-state index contributed by atoms with van der Waals surface area (Å²) < 4.78 is 0. The van der Waals surface area contributed by atoms with Crippen LogP contribution in [0.1, 0.15) is 20.3 Å². The molecule has 0 rings (SSSR count). The second-order valence-electron chi connectivity index (χ2n) is 2.94. The molecule has 0 unspecified atom stereocenters. The molecule has 1 N–H and O–H groups in total. The summed E-state index contributed by atoms with van der Waals surface area (Å²) in [6.45, 7) is 4.93. The van der Waals surface area contributed by atoms with E-state index in [0.29, 0.717) is 25.4 Å². The average molecular weight is 153 g/mol. The fraction of sp³-hybridized carbons (Fsp3) is 0.667. The van der Waals surface area contributed by atoms with Gasteiger partial charge in [-0.3, -0.25) is 10.1 Å². The Bertz CT molecular complexity index is 155. The highest BCUT2D eigenvalue weighted by Crippen LogP contribution is 1.98. The van der Waals surface area contributed by atoms with Gasteiger partial charge in [0, 0.05) is 6.42 Å². The lowest BCUT2D eigenvalue weighted by Gasteiger charge is -2.02. The maximum Gasteiger partial charge on any atom is 0.146 e. The number of rotatable bonds is 5. The van der Waals surface area contributed by atoms with Gasteiger partial charge in [0.25, 0.3) is 0 Å². The van der Waals surface area contributed by atoms with Crippen molar-refractivity contribution < 1.29 is 4.79 Å². The smallest absolute Gasteiger partial charge is 0.146 e. The summed E-state index contributed by atoms with van der Waals surface area (Å²) in [7, 11) is 0. The molecule has 2 heteroatoms. The van der Waals surface area contributed by atoms with Crippen LogP contribution in [0.5, 0.6) is 0 Å². The van der Waals surface area contributed by atoms with E-state index >= 15 is 0 Å². The van der Waals surface area contributed by atoms with E-state index in [4.69, 9.17) is 6.42 Å². The number of terminal acetylenes is 1. The lowest BCUT2D eigenvalue weighted by molar-refractivity contribution is -0.118. The monoisotopic (exact) mass is 153 g/mol. The van der Waals surface area contributed by atoms with E-state index in [1.165, 1.54) is 0 Å². The number of hydrogen-bond donors (Lipinski definition) is 1. The Hall–Kier alpha value is -0.810. The molecule has 0 aromatic heterocycles. The molecule has 0 aliphatic heterocycles. The molecule has 0 aliphatic carbocycles. The Morgan fingerprint density at radius 2 is 2.27 bits per heavy atom. The van der Waals surface area contributed by atoms with Crippen molar-refractivity contribution in [1.82, 2.24) is 5.32 Å². The van der Waals surface area contributed by atoms with Crippen LogP contribution in [0.15, 0.2) is 0 Å². The zero-order chi connectivity index (χ0) is 8.69. The summed E-state index contributed by atoms with van der Waals surface area (Å²) in [5.41, 5.74) is 0. The van der Waals surface area contributed by atoms with Crippen LogP contribution < -0.4 is 5.32 Å². The molecule has 0 amide bonds. The minimum Gasteiger partial charge on any atom is -0.299 e. The molecule has 0 aliphatic rings. The number of Topliss-reactive ketones (excluding diaryl/α,β-unsaturated/α-hetero) is 1. The third kappa shape index (κ3) is 7.08. The van der Waals surface area contributed by atoms with Crippen molar-refractivity contribution >= 4 is 5.78 Å². The van der Waals surface area contributed by atoms with Gasteiger partial charge in [0.05, 0.1) is 13.1 Å². The summed E-state index contributed by atoms with van der Waals surface area (Å²) in [6, 6.07) is 0. The van der Waals surface area contributed by atoms with Gasteiger partial charge in [-0.15, -0.1) is 6.42 Å². The van der Waals surface area contributed by atoms with Crippen LogP contribution >= 0.6 is 0 Å². The van der Waals surface area contributed by atoms with Gasteiger partial charge in [0.1, 0.15) is 5.78 Å². The second-order valence-corrected chi connectivity index (χ2v) is 2.94. The van der Waals surface area contributed by atoms with Crippen molar-refractivity contribution in [3.63, 3.8) is 0 Å². The topological polar surface area (TPSA) is 29.1 Å². The molecule has 0 aromatic carbocycles. The highest BCUT2D eigenvalue weighted by molar-refractivity contribution is 5.80. The lowest BCUT2D eigenvalue weighted by Crippen LogP contribution is -2.23. The number of hydrogen-bond acceptors (Lipinski definition) is 2. The molecule has 0 saturated carbocycles. The average Bonchev–Trinajstić information content (AvgIpc) is 1.86. The molecule has 0 fully saturated rings. The van der Waals surface area contributed by atoms with E-state index in [0.717, 1.165) is 0 Å². The molecule has 0 heterocycles. The Morgan fingerprint density at radius 3 is 2.73 bits per heavy atom. The SMILES string of the molecule is C#CCNCC(=O)CC(C)C. The van der Waals surface area contributed by atoms with Crippen molar-refractivity contribution in [3.8, 4) is 12.3 Å². The predicted molar refractivity (Wildman–Crippen MR) is 46.2 cm³/mol. The first-order valence-corrected chi connectivity index (χ1v) is 3.82. The zero-order valence-corrected chi connectivity index (χ0v) is 7.18. The normalized spacial score (nSPS) is 9.64. The minimum atomic E-state index is 0.232. The Kier molecular flexibility index (Phi) is 5.50. The highest BCUT2D eigenvalue weighted by atomic mass is 16.1. The molecule has 11 heavy (non-hydrogen) atoms. The maximum absolute atomic E-state index is 11.0. The third-order valence-corrected chi connectivity index (χ3v) is 1.19. The molecular formula is C9H15NO. The summed E-state index contributed by atoms with van der Waals surface area (Å²) in [5, 5.41) is 2.85. The van der Waals surface area contributed by atoms with Crippen LogP contribution in [0.3, 0.4) is 0 Å². The van der Waals surface area contributed by atoms with Gasteiger partial charge >= 0.3 is 0 Å². The van der Waals surface area contributed by atoms with Crippen LogP contribution in [0.25, 0.3) is 0 Å². The first kappa shape index (κ1) is 10.2. The second kappa shape index (κ2) is 5.94. The van der Waals surface area contributed by atoms with Gasteiger partial charge in [0.15, 0.2) is 0 Å². The summed E-state index contributed by atoms with van der Waals surface area (Å²) in [6.07, 6.45) is 5.63. The van der Waals surface area contributed by atoms with E-state index in [2.05, 4.69) is 11.2 Å². The molecule has 2 nitrogen and oxygen atoms in total. The van der Waals surface area contributed by atoms with Crippen LogP contribution in [0.4, 0.5) is 0 Å². The number of nitrogens with one attached hydrogen (secondary N) is 1. The Morgan fingerprint density at radius 1 is 1.64 bits per heavy atom. The summed E-state index contributed by atoms with van der Waals surface area (Å²) in [4.78, 5) is 11.0. The van der Waals surface area contributed by atoms with Gasteiger partial charge in [-0.05, 0) is 5.92 Å². The third-order valence-electron chi connectivity index (χ3n) is 1.19. The fourth-order valence-corrected chi connectivity index (χ4v) is 0.802. The quantitative estimate of drug-likeness (QED) is 0.468. The largest absolute Gasteiger partial charge is 0.299 e. The maximum atomic E-state index is 11.0. The van der Waals surface area contributed by atoms with Crippen LogP contribution in [-0.4, -0.2) is 18.9 Å². The molecule has 0 spiro atoms. The first-order chi connectivity index (χ1) is 5.16. The van der Waals surface area contributed by atoms with Crippen LogP contribution in [0, 0.1) is 18.3 Å². The van der Waals surface area contributed by atoms with E-state index in [-0.39, 0.29) is 5.78 Å². The molecule has 0 atom stereocenters. The van der Waals surface area contributed by atoms with E-state index in [9.17, 15) is 4.79 Å². The minimum absolute atomic E-state index is 0.232. The summed E-state index contributed by atoms with van der Waals surface area (Å²) in [5.74, 6) is 3.08. The zero-order valence-electron chi connectivity index (χ0n) is 7.18. The van der Waals surface area contributed by atoms with E-state index < -0.39 is 0 Å². The van der Waals surface area contributed by atoms with Crippen molar-refractivity contribution in [2.45, 2.75) is 20.3 Å². The van der Waals surface area contributed by atoms with E-state index in [1.54, 1.807) is 0 Å². The van der Waals surface area contributed by atoms with Crippen LogP contribution in [0.2, 0.25) is 0 Å². The molecule has 0 saturated heterocycles. The van der Waals surface area contributed by atoms with Gasteiger partial charge in [-0.25, -0.2) is 0 Å². The van der Waals surface area contributed by atoms with E-state index in [1.807, 2.05) is 13.8 Å². The van der Waals surface area contributed by atoms with Crippen molar-refractivity contribution in [1.29, 1.82) is 0 Å². The number of carbonyl (C=O) groups is 1. The molecule has 0 bridgehead atoms. The Labute approximate surface area is 68.4 Å². The number of ketones is 1. The first-order valence-electron chi connectivity index (χ1n) is 3.82. The van der Waals surface area contributed by atoms with Gasteiger partial charge in [0.2, 0.25) is 0 Å². The van der Waals surface area contributed by atoms with Crippen molar-refractivity contribution in [3.05, 3.63) is 0 Å². The Balaban J connectivity index is 3.32. The van der Waals surface area contributed by atoms with Gasteiger partial charge in [-0.2, -0.15) is 0 Å². The molecule has 0 aromatic rings. The van der Waals surface area contributed by atoms with Crippen LogP contribution in [-0.2, 0) is 4.79 Å². The highest BCUT2D eigenvalue weighted by Gasteiger charge is 2.02. The molecular weight excluding hydrogens is 138 g/mol. The van der Waals surface area contributed by atoms with Crippen molar-refractivity contribution in [2.75, 3.05) is 13.1 Å². The number of carbonyl (C=O) groups excluding carboxylic acids is 1.